The summed E-state index contributed by atoms with van der Waals surface area (Å²) in [5.74, 6) is 0.804. The van der Waals surface area contributed by atoms with Crippen LogP contribution in [0.25, 0.3) is 0 Å². The van der Waals surface area contributed by atoms with E-state index in [1.54, 1.807) is 20.3 Å². The third-order valence-corrected chi connectivity index (χ3v) is 8.38. The zero-order chi connectivity index (χ0) is 21.8. The quantitative estimate of drug-likeness (QED) is 0.660. The molecule has 1 aliphatic rings. The number of hydrogen-bond acceptors (Lipinski definition) is 5. The highest BCUT2D eigenvalue weighted by molar-refractivity contribution is 7.93. The predicted molar refractivity (Wildman–Crippen MR) is 116 cm³/mol. The topological polar surface area (TPSA) is 81.7 Å². The van der Waals surface area contributed by atoms with Crippen molar-refractivity contribution in [2.75, 3.05) is 20.8 Å². The van der Waals surface area contributed by atoms with E-state index >= 15 is 0 Å². The molecule has 8 heteroatoms. The molecule has 0 bridgehead atoms. The molecule has 0 spiro atoms. The first-order valence-corrected chi connectivity index (χ1v) is 11.7. The average Bonchev–Trinajstić information content (AvgIpc) is 3.26. The number of benzene rings is 2. The van der Waals surface area contributed by atoms with Crippen LogP contribution in [0.4, 0.5) is 0 Å². The Labute approximate surface area is 182 Å². The largest absolute Gasteiger partial charge is 0.493 e. The van der Waals surface area contributed by atoms with Crippen molar-refractivity contribution < 1.29 is 22.7 Å². The molecule has 1 saturated carbocycles. The number of methoxy groups -OCH3 is 2. The first-order chi connectivity index (χ1) is 14.3. The molecule has 0 aromatic heterocycles. The summed E-state index contributed by atoms with van der Waals surface area (Å²) >= 11 is 5.90. The fourth-order valence-corrected chi connectivity index (χ4v) is 6.13. The van der Waals surface area contributed by atoms with Crippen LogP contribution in [0.3, 0.4) is 0 Å². The zero-order valence-corrected chi connectivity index (χ0v) is 18.7. The number of ether oxygens (including phenoxy) is 2. The maximum Gasteiger partial charge on any atom is 0.241 e. The van der Waals surface area contributed by atoms with Gasteiger partial charge in [-0.3, -0.25) is 4.79 Å². The molecular weight excluding hydrogens is 426 g/mol. The second-order valence-electron chi connectivity index (χ2n) is 7.35. The maximum atomic E-state index is 13.4. The molecule has 1 N–H and O–H groups in total. The highest BCUT2D eigenvalue weighted by Gasteiger charge is 2.52. The Kier molecular flexibility index (Phi) is 6.93. The van der Waals surface area contributed by atoms with Crippen molar-refractivity contribution in [3.63, 3.8) is 0 Å². The van der Waals surface area contributed by atoms with Gasteiger partial charge in [0.25, 0.3) is 0 Å². The fraction of sp³-hybridized carbons (Fsp3) is 0.409. The van der Waals surface area contributed by atoms with Gasteiger partial charge in [-0.25, -0.2) is 8.42 Å². The molecule has 0 saturated heterocycles. The van der Waals surface area contributed by atoms with Crippen LogP contribution in [0, 0.1) is 0 Å². The number of sulfone groups is 1. The minimum atomic E-state index is -3.84. The molecule has 1 amide bonds. The molecule has 0 aliphatic heterocycles. The van der Waals surface area contributed by atoms with E-state index in [0.717, 1.165) is 5.56 Å². The van der Waals surface area contributed by atoms with Gasteiger partial charge in [-0.1, -0.05) is 30.5 Å². The second kappa shape index (κ2) is 9.27. The monoisotopic (exact) mass is 451 g/mol. The zero-order valence-electron chi connectivity index (χ0n) is 17.1. The van der Waals surface area contributed by atoms with Crippen molar-refractivity contribution >= 4 is 27.3 Å². The van der Waals surface area contributed by atoms with E-state index < -0.39 is 20.5 Å². The predicted octanol–water partition coefficient (Wildman–Crippen LogP) is 3.80. The van der Waals surface area contributed by atoms with Crippen molar-refractivity contribution in [2.24, 2.45) is 0 Å². The normalized spacial score (nSPS) is 15.6. The first kappa shape index (κ1) is 22.4. The highest BCUT2D eigenvalue weighted by atomic mass is 35.5. The number of carbonyl (C=O) groups is 1. The van der Waals surface area contributed by atoms with Crippen LogP contribution < -0.4 is 14.8 Å². The van der Waals surface area contributed by atoms with E-state index in [1.165, 1.54) is 24.3 Å². The number of rotatable bonds is 8. The number of halogens is 1. The van der Waals surface area contributed by atoms with Crippen molar-refractivity contribution in [2.45, 2.75) is 41.7 Å². The van der Waals surface area contributed by atoms with E-state index in [9.17, 15) is 13.2 Å². The lowest BCUT2D eigenvalue weighted by Crippen LogP contribution is -2.51. The molecule has 6 nitrogen and oxygen atoms in total. The Morgan fingerprint density at radius 1 is 1.03 bits per heavy atom. The fourth-order valence-electron chi connectivity index (χ4n) is 3.92. The Hall–Kier alpha value is -2.25. The van der Waals surface area contributed by atoms with Crippen LogP contribution in [-0.2, 0) is 21.1 Å². The number of amides is 1. The second-order valence-corrected chi connectivity index (χ2v) is 10.1. The smallest absolute Gasteiger partial charge is 0.241 e. The molecule has 162 valence electrons. The van der Waals surface area contributed by atoms with Gasteiger partial charge in [0.2, 0.25) is 5.91 Å². The highest BCUT2D eigenvalue weighted by Crippen LogP contribution is 2.41. The summed E-state index contributed by atoms with van der Waals surface area (Å²) in [6.45, 7) is 0.326. The van der Waals surface area contributed by atoms with E-state index in [2.05, 4.69) is 5.32 Å². The van der Waals surface area contributed by atoms with Crippen molar-refractivity contribution in [3.8, 4) is 11.5 Å². The molecule has 0 unspecified atom stereocenters. The summed E-state index contributed by atoms with van der Waals surface area (Å²) in [6.07, 6.45) is 2.59. The molecule has 0 heterocycles. The van der Waals surface area contributed by atoms with Crippen LogP contribution in [0.15, 0.2) is 47.4 Å². The summed E-state index contributed by atoms with van der Waals surface area (Å²) in [7, 11) is -0.705. The summed E-state index contributed by atoms with van der Waals surface area (Å²) in [6, 6.07) is 11.5. The van der Waals surface area contributed by atoms with E-state index in [0.29, 0.717) is 55.2 Å². The summed E-state index contributed by atoms with van der Waals surface area (Å²) in [5, 5.41) is 3.30. The van der Waals surface area contributed by atoms with Gasteiger partial charge in [0.15, 0.2) is 26.1 Å². The van der Waals surface area contributed by atoms with E-state index in [4.69, 9.17) is 21.1 Å². The molecule has 1 aliphatic carbocycles. The molecule has 2 aromatic carbocycles. The molecule has 0 radical (unpaired) electrons. The summed E-state index contributed by atoms with van der Waals surface area (Å²) in [4.78, 5) is 13.2. The van der Waals surface area contributed by atoms with E-state index in [-0.39, 0.29) is 4.90 Å². The molecule has 0 atom stereocenters. The third kappa shape index (κ3) is 4.27. The Morgan fingerprint density at radius 2 is 1.67 bits per heavy atom. The Balaban J connectivity index is 1.74. The Morgan fingerprint density at radius 3 is 2.27 bits per heavy atom. The van der Waals surface area contributed by atoms with E-state index in [1.807, 2.05) is 12.1 Å². The number of hydrogen-bond donors (Lipinski definition) is 1. The van der Waals surface area contributed by atoms with Crippen molar-refractivity contribution in [1.82, 2.24) is 5.32 Å². The molecular formula is C22H26ClNO5S. The van der Waals surface area contributed by atoms with Crippen LogP contribution >= 0.6 is 11.6 Å². The SMILES string of the molecule is COc1ccc(CCNC(=O)C2(S(=O)(=O)c3ccc(Cl)cc3)CCCC2)cc1OC. The summed E-state index contributed by atoms with van der Waals surface area (Å²) in [5.41, 5.74) is 0.953. The van der Waals surface area contributed by atoms with Crippen LogP contribution in [0.1, 0.15) is 31.2 Å². The van der Waals surface area contributed by atoms with Gasteiger partial charge < -0.3 is 14.8 Å². The number of carbonyl (C=O) groups excluding carboxylic acids is 1. The lowest BCUT2D eigenvalue weighted by atomic mass is 10.1. The molecule has 1 fully saturated rings. The van der Waals surface area contributed by atoms with Gasteiger partial charge in [-0.15, -0.1) is 0 Å². The number of nitrogens with one attached hydrogen (secondary N) is 1. The van der Waals surface area contributed by atoms with Crippen molar-refractivity contribution in [3.05, 3.63) is 53.1 Å². The van der Waals surface area contributed by atoms with Gasteiger partial charge in [0.05, 0.1) is 19.1 Å². The Bertz CT molecular complexity index is 999. The van der Waals surface area contributed by atoms with Gasteiger partial charge >= 0.3 is 0 Å². The van der Waals surface area contributed by atoms with Gasteiger partial charge in [-0.05, 0) is 61.2 Å². The molecule has 2 aromatic rings. The maximum absolute atomic E-state index is 13.4. The van der Waals surface area contributed by atoms with Crippen LogP contribution in [0.2, 0.25) is 5.02 Å². The minimum absolute atomic E-state index is 0.129. The van der Waals surface area contributed by atoms with Gasteiger partial charge in [0.1, 0.15) is 0 Å². The van der Waals surface area contributed by atoms with Crippen LogP contribution in [-0.4, -0.2) is 39.8 Å². The van der Waals surface area contributed by atoms with Gasteiger partial charge in [-0.2, -0.15) is 0 Å². The first-order valence-electron chi connectivity index (χ1n) is 9.83. The molecule has 3 rings (SSSR count). The molecule has 30 heavy (non-hydrogen) atoms. The lowest BCUT2D eigenvalue weighted by Gasteiger charge is -2.27. The minimum Gasteiger partial charge on any atom is -0.493 e. The van der Waals surface area contributed by atoms with Crippen molar-refractivity contribution in [1.29, 1.82) is 0 Å². The lowest BCUT2D eigenvalue weighted by molar-refractivity contribution is -0.123. The van der Waals surface area contributed by atoms with Crippen LogP contribution in [0.5, 0.6) is 11.5 Å². The summed E-state index contributed by atoms with van der Waals surface area (Å²) < 4.78 is 35.8. The average molecular weight is 452 g/mol. The van der Waals surface area contributed by atoms with Gasteiger partial charge in [0, 0.05) is 11.6 Å². The third-order valence-electron chi connectivity index (χ3n) is 5.61. The standard InChI is InChI=1S/C22H26ClNO5S/c1-28-19-10-5-16(15-20(19)29-2)11-14-24-21(25)22(12-3-4-13-22)30(26,27)18-8-6-17(23)7-9-18/h5-10,15H,3-4,11-14H2,1-2H3,(H,24,25).